The number of fused-ring (bicyclic) bond motifs is 1. The van der Waals surface area contributed by atoms with E-state index in [0.717, 1.165) is 25.6 Å². The standard InChI is InChI=1S/C12H9BrN4S/c13-7-5-15-6-8(14)11(7)18-12-16-9-3-1-2-4-10(9)17-12/h1-6H,14H2,(H,16,17). The molecule has 0 aliphatic heterocycles. The first-order chi connectivity index (χ1) is 8.74. The number of imidazole rings is 1. The number of hydrogen-bond donors (Lipinski definition) is 2. The minimum atomic E-state index is 0.634. The van der Waals surface area contributed by atoms with Crippen molar-refractivity contribution in [1.82, 2.24) is 15.0 Å². The van der Waals surface area contributed by atoms with Crippen molar-refractivity contribution >= 4 is 44.4 Å². The highest BCUT2D eigenvalue weighted by Gasteiger charge is 2.10. The lowest BCUT2D eigenvalue weighted by Crippen LogP contribution is -1.91. The number of aromatic amines is 1. The van der Waals surface area contributed by atoms with Gasteiger partial charge in [0.15, 0.2) is 5.16 Å². The molecule has 0 fully saturated rings. The van der Waals surface area contributed by atoms with Crippen LogP contribution in [0.15, 0.2) is 51.2 Å². The molecule has 0 bridgehead atoms. The summed E-state index contributed by atoms with van der Waals surface area (Å²) in [6.45, 7) is 0. The number of hydrogen-bond acceptors (Lipinski definition) is 4. The van der Waals surface area contributed by atoms with Gasteiger partial charge in [-0.3, -0.25) is 4.98 Å². The highest BCUT2D eigenvalue weighted by Crippen LogP contribution is 2.36. The Kier molecular flexibility index (Phi) is 2.97. The van der Waals surface area contributed by atoms with Gasteiger partial charge in [0.05, 0.1) is 32.3 Å². The van der Waals surface area contributed by atoms with E-state index in [1.807, 2.05) is 24.3 Å². The summed E-state index contributed by atoms with van der Waals surface area (Å²) in [4.78, 5) is 12.7. The molecule has 1 aromatic carbocycles. The van der Waals surface area contributed by atoms with Gasteiger partial charge in [-0.1, -0.05) is 12.1 Å². The number of para-hydroxylation sites is 2. The second-order valence-electron chi connectivity index (χ2n) is 3.70. The van der Waals surface area contributed by atoms with Gasteiger partial charge in [0.2, 0.25) is 0 Å². The van der Waals surface area contributed by atoms with Crippen molar-refractivity contribution in [2.75, 3.05) is 5.73 Å². The number of nitrogens with two attached hydrogens (primary N) is 1. The number of benzene rings is 1. The summed E-state index contributed by atoms with van der Waals surface area (Å²) >= 11 is 4.93. The van der Waals surface area contributed by atoms with E-state index in [9.17, 15) is 0 Å². The Morgan fingerprint density at radius 3 is 2.83 bits per heavy atom. The fourth-order valence-electron chi connectivity index (χ4n) is 1.62. The smallest absolute Gasteiger partial charge is 0.171 e. The monoisotopic (exact) mass is 320 g/mol. The molecular weight excluding hydrogens is 312 g/mol. The molecule has 3 rings (SSSR count). The third kappa shape index (κ3) is 2.09. The van der Waals surface area contributed by atoms with Crippen LogP contribution in [0.1, 0.15) is 0 Å². The highest BCUT2D eigenvalue weighted by molar-refractivity contribution is 9.10. The second kappa shape index (κ2) is 4.62. The van der Waals surface area contributed by atoms with Gasteiger partial charge in [-0.2, -0.15) is 0 Å². The second-order valence-corrected chi connectivity index (χ2v) is 5.55. The Labute approximate surface area is 116 Å². The molecule has 0 unspecified atom stereocenters. The first-order valence-electron chi connectivity index (χ1n) is 5.25. The maximum Gasteiger partial charge on any atom is 0.171 e. The minimum absolute atomic E-state index is 0.634. The van der Waals surface area contributed by atoms with E-state index in [1.165, 1.54) is 11.8 Å². The number of pyridine rings is 1. The molecule has 0 atom stereocenters. The molecule has 18 heavy (non-hydrogen) atoms. The number of anilines is 1. The summed E-state index contributed by atoms with van der Waals surface area (Å²) in [5.74, 6) is 0. The van der Waals surface area contributed by atoms with Crippen LogP contribution in [0.5, 0.6) is 0 Å². The molecule has 0 saturated carbocycles. The molecule has 0 amide bonds. The lowest BCUT2D eigenvalue weighted by Gasteiger charge is -2.04. The van der Waals surface area contributed by atoms with Gasteiger partial charge < -0.3 is 10.7 Å². The Hall–Kier alpha value is -1.53. The zero-order valence-corrected chi connectivity index (χ0v) is 11.6. The van der Waals surface area contributed by atoms with Gasteiger partial charge in [-0.15, -0.1) is 0 Å². The molecule has 3 N–H and O–H groups in total. The summed E-state index contributed by atoms with van der Waals surface area (Å²) in [6, 6.07) is 7.91. The maximum absolute atomic E-state index is 5.91. The van der Waals surface area contributed by atoms with E-state index in [-0.39, 0.29) is 0 Å². The first kappa shape index (κ1) is 11.6. The molecule has 6 heteroatoms. The van der Waals surface area contributed by atoms with Crippen LogP contribution in [0, 0.1) is 0 Å². The maximum atomic E-state index is 5.91. The van der Waals surface area contributed by atoms with E-state index >= 15 is 0 Å². The molecule has 0 aliphatic carbocycles. The van der Waals surface area contributed by atoms with Gasteiger partial charge in [-0.25, -0.2) is 4.98 Å². The molecule has 0 aliphatic rings. The average Bonchev–Trinajstić information content (AvgIpc) is 2.76. The molecule has 0 saturated heterocycles. The van der Waals surface area contributed by atoms with Crippen LogP contribution in [0.2, 0.25) is 0 Å². The van der Waals surface area contributed by atoms with E-state index in [1.54, 1.807) is 12.4 Å². The van der Waals surface area contributed by atoms with Crippen LogP contribution in [-0.2, 0) is 0 Å². The van der Waals surface area contributed by atoms with Gasteiger partial charge in [0.1, 0.15) is 0 Å². The molecular formula is C12H9BrN4S. The summed E-state index contributed by atoms with van der Waals surface area (Å²) in [5, 5.41) is 0.815. The topological polar surface area (TPSA) is 67.6 Å². The Morgan fingerprint density at radius 2 is 2.06 bits per heavy atom. The SMILES string of the molecule is Nc1cncc(Br)c1Sc1nc2ccccc2[nH]1. The van der Waals surface area contributed by atoms with Crippen molar-refractivity contribution in [3.8, 4) is 0 Å². The largest absolute Gasteiger partial charge is 0.397 e. The van der Waals surface area contributed by atoms with E-state index in [4.69, 9.17) is 5.73 Å². The van der Waals surface area contributed by atoms with Gasteiger partial charge in [0, 0.05) is 6.20 Å². The summed E-state index contributed by atoms with van der Waals surface area (Å²) in [7, 11) is 0. The first-order valence-corrected chi connectivity index (χ1v) is 6.86. The molecule has 2 aromatic heterocycles. The van der Waals surface area contributed by atoms with Gasteiger partial charge in [-0.05, 0) is 39.8 Å². The van der Waals surface area contributed by atoms with Gasteiger partial charge >= 0.3 is 0 Å². The Bertz CT molecular complexity index is 657. The van der Waals surface area contributed by atoms with Crippen LogP contribution in [-0.4, -0.2) is 15.0 Å². The predicted octanol–water partition coefficient (Wildman–Crippen LogP) is 3.45. The quantitative estimate of drug-likeness (QED) is 0.758. The number of rotatable bonds is 2. The molecule has 2 heterocycles. The summed E-state index contributed by atoms with van der Waals surface area (Å²) in [6.07, 6.45) is 3.36. The third-order valence-corrected chi connectivity index (χ3v) is 4.36. The zero-order chi connectivity index (χ0) is 12.5. The zero-order valence-electron chi connectivity index (χ0n) is 9.22. The number of nitrogens with zero attached hydrogens (tertiary/aromatic N) is 2. The predicted molar refractivity (Wildman–Crippen MR) is 76.6 cm³/mol. The fraction of sp³-hybridized carbons (Fsp3) is 0. The van der Waals surface area contributed by atoms with E-state index < -0.39 is 0 Å². The molecule has 4 nitrogen and oxygen atoms in total. The van der Waals surface area contributed by atoms with Crippen molar-refractivity contribution < 1.29 is 0 Å². The highest BCUT2D eigenvalue weighted by atomic mass is 79.9. The Morgan fingerprint density at radius 1 is 1.22 bits per heavy atom. The summed E-state index contributed by atoms with van der Waals surface area (Å²) < 4.78 is 0.868. The van der Waals surface area contributed by atoms with Crippen LogP contribution in [0.3, 0.4) is 0 Å². The molecule has 0 spiro atoms. The summed E-state index contributed by atoms with van der Waals surface area (Å²) in [5.41, 5.74) is 8.51. The van der Waals surface area contributed by atoms with Crippen LogP contribution in [0.25, 0.3) is 11.0 Å². The normalized spacial score (nSPS) is 10.9. The third-order valence-electron chi connectivity index (χ3n) is 2.45. The van der Waals surface area contributed by atoms with Crippen LogP contribution in [0.4, 0.5) is 5.69 Å². The number of H-pyrrole nitrogens is 1. The van der Waals surface area contributed by atoms with Crippen molar-refractivity contribution in [1.29, 1.82) is 0 Å². The van der Waals surface area contributed by atoms with Crippen molar-refractivity contribution in [2.45, 2.75) is 10.1 Å². The van der Waals surface area contributed by atoms with E-state index in [2.05, 4.69) is 30.9 Å². The number of nitrogen functional groups attached to an aromatic ring is 1. The van der Waals surface area contributed by atoms with Crippen molar-refractivity contribution in [2.24, 2.45) is 0 Å². The van der Waals surface area contributed by atoms with E-state index in [0.29, 0.717) is 5.69 Å². The molecule has 3 aromatic rings. The lowest BCUT2D eigenvalue weighted by molar-refractivity contribution is 1.08. The lowest BCUT2D eigenvalue weighted by atomic mass is 10.3. The minimum Gasteiger partial charge on any atom is -0.397 e. The van der Waals surface area contributed by atoms with Crippen molar-refractivity contribution in [3.05, 3.63) is 41.1 Å². The molecule has 0 radical (unpaired) electrons. The number of nitrogens with one attached hydrogen (secondary N) is 1. The van der Waals surface area contributed by atoms with Crippen molar-refractivity contribution in [3.63, 3.8) is 0 Å². The number of halogens is 1. The van der Waals surface area contributed by atoms with Crippen LogP contribution >= 0.6 is 27.7 Å². The van der Waals surface area contributed by atoms with Crippen LogP contribution < -0.4 is 5.73 Å². The number of aromatic nitrogens is 3. The molecule has 90 valence electrons. The van der Waals surface area contributed by atoms with Gasteiger partial charge in [0.25, 0.3) is 0 Å². The Balaban J connectivity index is 2.01. The average molecular weight is 321 g/mol. The fourth-order valence-corrected chi connectivity index (χ4v) is 3.03.